The van der Waals surface area contributed by atoms with Gasteiger partial charge in [-0.1, -0.05) is 6.92 Å². The van der Waals surface area contributed by atoms with Crippen molar-refractivity contribution in [2.75, 3.05) is 24.5 Å². The van der Waals surface area contributed by atoms with Crippen LogP contribution in [-0.2, 0) is 9.53 Å². The van der Waals surface area contributed by atoms with E-state index in [1.165, 1.54) is 6.92 Å². The minimum Gasteiger partial charge on any atom is -0.442 e. The number of nitrogens with two attached hydrogens (primary N) is 1. The van der Waals surface area contributed by atoms with Gasteiger partial charge in [-0.15, -0.1) is 0 Å². The van der Waals surface area contributed by atoms with E-state index in [9.17, 15) is 9.59 Å². The third kappa shape index (κ3) is 5.10. The first-order valence-corrected chi connectivity index (χ1v) is 9.04. The predicted molar refractivity (Wildman–Crippen MR) is 106 cm³/mol. The lowest BCUT2D eigenvalue weighted by Crippen LogP contribution is -2.33. The van der Waals surface area contributed by atoms with E-state index >= 15 is 0 Å². The molecule has 1 aromatic heterocycles. The number of ether oxygens (including phenoxy) is 1. The smallest absolute Gasteiger partial charge is 0.414 e. The zero-order valence-electron chi connectivity index (χ0n) is 16.4. The molecule has 1 aliphatic heterocycles. The molecule has 0 radical (unpaired) electrons. The molecular weight excluding hydrogens is 344 g/mol. The number of hydrogen-bond acceptors (Lipinski definition) is 4. The summed E-state index contributed by atoms with van der Waals surface area (Å²) in [6, 6.07) is 7.95. The van der Waals surface area contributed by atoms with Crippen LogP contribution in [0.1, 0.15) is 25.0 Å². The highest BCUT2D eigenvalue weighted by Crippen LogP contribution is 2.28. The zero-order valence-corrected chi connectivity index (χ0v) is 16.4. The van der Waals surface area contributed by atoms with Crippen molar-refractivity contribution >= 4 is 17.7 Å². The van der Waals surface area contributed by atoms with Crippen molar-refractivity contribution in [2.45, 2.75) is 33.8 Å². The van der Waals surface area contributed by atoms with Gasteiger partial charge in [0.05, 0.1) is 18.8 Å². The van der Waals surface area contributed by atoms with Crippen molar-refractivity contribution in [3.05, 3.63) is 47.8 Å². The van der Waals surface area contributed by atoms with E-state index in [4.69, 9.17) is 10.5 Å². The van der Waals surface area contributed by atoms with Crippen LogP contribution in [-0.4, -0.2) is 42.3 Å². The van der Waals surface area contributed by atoms with E-state index in [1.54, 1.807) is 4.90 Å². The van der Waals surface area contributed by atoms with Crippen LogP contribution in [0.3, 0.4) is 0 Å². The number of aromatic nitrogens is 1. The molecule has 1 aliphatic rings. The minimum absolute atomic E-state index is 0.132. The number of aryl methyl sites for hydroxylation is 2. The zero-order chi connectivity index (χ0) is 20.0. The summed E-state index contributed by atoms with van der Waals surface area (Å²) >= 11 is 0. The molecule has 3 N–H and O–H groups in total. The van der Waals surface area contributed by atoms with Gasteiger partial charge < -0.3 is 20.4 Å². The lowest BCUT2D eigenvalue weighted by atomic mass is 10.1. The fourth-order valence-corrected chi connectivity index (χ4v) is 3.08. The molecule has 27 heavy (non-hydrogen) atoms. The van der Waals surface area contributed by atoms with Gasteiger partial charge in [-0.25, -0.2) is 4.79 Å². The number of anilines is 1. The maximum absolute atomic E-state index is 12.2. The number of carbonyl (C=O) groups is 2. The van der Waals surface area contributed by atoms with Gasteiger partial charge in [-0.05, 0) is 55.8 Å². The Hall–Kier alpha value is -2.80. The average Bonchev–Trinajstić information content (AvgIpc) is 3.23. The fourth-order valence-electron chi connectivity index (χ4n) is 3.08. The number of cyclic esters (lactones) is 1. The highest BCUT2D eigenvalue weighted by molar-refractivity contribution is 5.90. The highest BCUT2D eigenvalue weighted by atomic mass is 16.6. The number of amides is 2. The first-order valence-electron chi connectivity index (χ1n) is 9.04. The summed E-state index contributed by atoms with van der Waals surface area (Å²) in [7, 11) is 0. The van der Waals surface area contributed by atoms with Gasteiger partial charge in [0.25, 0.3) is 0 Å². The molecule has 0 saturated carbocycles. The number of hydrogen-bond donors (Lipinski definition) is 2. The van der Waals surface area contributed by atoms with Gasteiger partial charge in [-0.3, -0.25) is 9.69 Å². The van der Waals surface area contributed by atoms with Crippen molar-refractivity contribution in [3.63, 3.8) is 0 Å². The molecule has 0 spiro atoms. The van der Waals surface area contributed by atoms with Gasteiger partial charge in [0.2, 0.25) is 5.91 Å². The molecule has 0 unspecified atom stereocenters. The summed E-state index contributed by atoms with van der Waals surface area (Å²) in [4.78, 5) is 24.8. The molecule has 7 heteroatoms. The topological polar surface area (TPSA) is 89.6 Å². The fraction of sp³-hybridized carbons (Fsp3) is 0.400. The number of benzene rings is 1. The van der Waals surface area contributed by atoms with Crippen LogP contribution in [0.2, 0.25) is 0 Å². The molecule has 1 saturated heterocycles. The third-order valence-electron chi connectivity index (χ3n) is 4.10. The third-order valence-corrected chi connectivity index (χ3v) is 4.10. The molecule has 3 rings (SSSR count). The molecule has 2 aromatic rings. The van der Waals surface area contributed by atoms with E-state index in [2.05, 4.69) is 9.88 Å². The summed E-state index contributed by atoms with van der Waals surface area (Å²) < 4.78 is 7.39. The molecule has 1 fully saturated rings. The SMILES string of the molecule is CC(=O)NC[C@H]1CN(c2cc(C)c(-n3cccc3)c(C)c2)C(=O)O1.CCN. The summed E-state index contributed by atoms with van der Waals surface area (Å²) in [6.07, 6.45) is 3.30. The maximum Gasteiger partial charge on any atom is 0.414 e. The van der Waals surface area contributed by atoms with E-state index in [0.29, 0.717) is 13.1 Å². The standard InChI is InChI=1S/C18H21N3O3.C2H7N/c1-12-8-15(9-13(2)17(12)20-6-4-5-7-20)21-11-16(24-18(21)23)10-19-14(3)22;1-2-3/h4-9,16H,10-11H2,1-3H3,(H,19,22);2-3H2,1H3/t16-;/m0./s1. The molecule has 0 bridgehead atoms. The second-order valence-corrected chi connectivity index (χ2v) is 6.48. The Morgan fingerprint density at radius 1 is 1.26 bits per heavy atom. The Kier molecular flexibility index (Phi) is 7.01. The van der Waals surface area contributed by atoms with E-state index in [1.807, 2.05) is 57.4 Å². The van der Waals surface area contributed by atoms with Crippen LogP contribution in [0, 0.1) is 13.8 Å². The first-order chi connectivity index (χ1) is 12.9. The Labute approximate surface area is 160 Å². The Bertz CT molecular complexity index is 764. The molecule has 1 atom stereocenters. The molecule has 0 aliphatic carbocycles. The maximum atomic E-state index is 12.2. The Balaban J connectivity index is 0.000000817. The number of nitrogens with zero attached hydrogens (tertiary/aromatic N) is 2. The van der Waals surface area contributed by atoms with Gasteiger partial charge in [-0.2, -0.15) is 0 Å². The predicted octanol–water partition coefficient (Wildman–Crippen LogP) is 2.52. The molecule has 2 heterocycles. The van der Waals surface area contributed by atoms with Crippen LogP contribution in [0.25, 0.3) is 5.69 Å². The quantitative estimate of drug-likeness (QED) is 0.863. The van der Waals surface area contributed by atoms with Crippen molar-refractivity contribution in [2.24, 2.45) is 5.73 Å². The lowest BCUT2D eigenvalue weighted by Gasteiger charge is -2.18. The Morgan fingerprint density at radius 2 is 1.81 bits per heavy atom. The molecule has 2 amide bonds. The van der Waals surface area contributed by atoms with Crippen molar-refractivity contribution in [1.82, 2.24) is 9.88 Å². The van der Waals surface area contributed by atoms with Gasteiger partial charge in [0.1, 0.15) is 6.10 Å². The van der Waals surface area contributed by atoms with E-state index < -0.39 is 0 Å². The summed E-state index contributed by atoms with van der Waals surface area (Å²) in [5, 5.41) is 2.68. The normalized spacial score (nSPS) is 15.8. The van der Waals surface area contributed by atoms with Crippen LogP contribution in [0.5, 0.6) is 0 Å². The monoisotopic (exact) mass is 372 g/mol. The van der Waals surface area contributed by atoms with E-state index in [0.717, 1.165) is 29.0 Å². The largest absolute Gasteiger partial charge is 0.442 e. The number of carbonyl (C=O) groups excluding carboxylic acids is 2. The average molecular weight is 372 g/mol. The lowest BCUT2D eigenvalue weighted by molar-refractivity contribution is -0.119. The van der Waals surface area contributed by atoms with Crippen LogP contribution in [0.4, 0.5) is 10.5 Å². The van der Waals surface area contributed by atoms with Crippen molar-refractivity contribution < 1.29 is 14.3 Å². The molecular formula is C20H28N4O3. The number of rotatable bonds is 4. The second-order valence-electron chi connectivity index (χ2n) is 6.48. The first kappa shape index (κ1) is 20.5. The number of nitrogens with one attached hydrogen (secondary N) is 1. The van der Waals surface area contributed by atoms with Gasteiger partial charge in [0, 0.05) is 25.0 Å². The molecule has 1 aromatic carbocycles. The molecule has 146 valence electrons. The summed E-state index contributed by atoms with van der Waals surface area (Å²) in [6.45, 7) is 8.92. The summed E-state index contributed by atoms with van der Waals surface area (Å²) in [5.41, 5.74) is 8.95. The van der Waals surface area contributed by atoms with Crippen LogP contribution >= 0.6 is 0 Å². The molecule has 7 nitrogen and oxygen atoms in total. The Morgan fingerprint density at radius 3 is 2.33 bits per heavy atom. The van der Waals surface area contributed by atoms with E-state index in [-0.39, 0.29) is 18.1 Å². The second kappa shape index (κ2) is 9.23. The summed E-state index contributed by atoms with van der Waals surface area (Å²) in [5.74, 6) is -0.132. The van der Waals surface area contributed by atoms with Crippen molar-refractivity contribution in [1.29, 1.82) is 0 Å². The van der Waals surface area contributed by atoms with Crippen molar-refractivity contribution in [3.8, 4) is 5.69 Å². The highest BCUT2D eigenvalue weighted by Gasteiger charge is 2.32. The van der Waals surface area contributed by atoms with Crippen LogP contribution in [0.15, 0.2) is 36.7 Å². The van der Waals surface area contributed by atoms with Gasteiger partial charge in [0.15, 0.2) is 0 Å². The van der Waals surface area contributed by atoms with Gasteiger partial charge >= 0.3 is 6.09 Å². The minimum atomic E-state index is -0.377. The van der Waals surface area contributed by atoms with Crippen LogP contribution < -0.4 is 16.0 Å².